The third-order valence-electron chi connectivity index (χ3n) is 9.73. The van der Waals surface area contributed by atoms with Crippen molar-refractivity contribution in [3.63, 3.8) is 0 Å². The summed E-state index contributed by atoms with van der Waals surface area (Å²) < 4.78 is 12.1. The second-order valence-electron chi connectivity index (χ2n) is 14.4. The van der Waals surface area contributed by atoms with E-state index in [0.29, 0.717) is 36.1 Å². The van der Waals surface area contributed by atoms with Crippen LogP contribution in [0.3, 0.4) is 0 Å². The first kappa shape index (κ1) is 34.6. The van der Waals surface area contributed by atoms with Gasteiger partial charge in [-0.3, -0.25) is 14.6 Å². The van der Waals surface area contributed by atoms with E-state index >= 15 is 0 Å². The number of hydrogen-bond acceptors (Lipinski definition) is 7. The van der Waals surface area contributed by atoms with Crippen molar-refractivity contribution in [2.75, 3.05) is 13.1 Å². The Morgan fingerprint density at radius 2 is 1.00 bits per heavy atom. The number of amides is 3. The number of ether oxygens (including phenoxy) is 2. The van der Waals surface area contributed by atoms with Crippen LogP contribution in [-0.4, -0.2) is 63.4 Å². The minimum absolute atomic E-state index is 0.134. The van der Waals surface area contributed by atoms with Crippen LogP contribution >= 0.6 is 0 Å². The van der Waals surface area contributed by atoms with Gasteiger partial charge in [-0.1, -0.05) is 97.1 Å². The van der Waals surface area contributed by atoms with Gasteiger partial charge in [0.2, 0.25) is 0 Å². The van der Waals surface area contributed by atoms with E-state index in [0.717, 1.165) is 5.56 Å². The van der Waals surface area contributed by atoms with Gasteiger partial charge >= 0.3 is 18.0 Å². The smallest absolute Gasteiger partial charge is 0.338 e. The summed E-state index contributed by atoms with van der Waals surface area (Å²) in [6.45, 7) is 8.43. The van der Waals surface area contributed by atoms with E-state index in [2.05, 4.69) is 10.2 Å². The number of imide groups is 1. The summed E-state index contributed by atoms with van der Waals surface area (Å²) in [6.07, 6.45) is -0.828. The average molecular weight is 674 g/mol. The summed E-state index contributed by atoms with van der Waals surface area (Å²) >= 11 is 0. The summed E-state index contributed by atoms with van der Waals surface area (Å²) in [6, 6.07) is 35.8. The summed E-state index contributed by atoms with van der Waals surface area (Å²) in [7, 11) is 0. The molecule has 2 heterocycles. The van der Waals surface area contributed by atoms with E-state index in [1.54, 1.807) is 48.5 Å². The maximum Gasteiger partial charge on any atom is 0.338 e. The van der Waals surface area contributed by atoms with Gasteiger partial charge in [0.25, 0.3) is 5.91 Å². The highest BCUT2D eigenvalue weighted by Gasteiger charge is 2.61. The highest BCUT2D eigenvalue weighted by molar-refractivity contribution is 6.07. The Morgan fingerprint density at radius 1 is 0.620 bits per heavy atom. The number of carbonyl (C=O) groups is 4. The van der Waals surface area contributed by atoms with Crippen LogP contribution < -0.4 is 5.32 Å². The Bertz CT molecular complexity index is 1810. The first-order valence-corrected chi connectivity index (χ1v) is 16.9. The van der Waals surface area contributed by atoms with Gasteiger partial charge in [0.1, 0.15) is 17.7 Å². The maximum absolute atomic E-state index is 14.5. The molecule has 2 atom stereocenters. The molecule has 2 aliphatic heterocycles. The maximum atomic E-state index is 14.5. The number of likely N-dealkylation sites (tertiary alicyclic amines) is 1. The normalized spacial score (nSPS) is 19.0. The molecular weight excluding hydrogens is 630 g/mol. The van der Waals surface area contributed by atoms with Gasteiger partial charge < -0.3 is 14.8 Å². The third kappa shape index (κ3) is 7.19. The molecule has 50 heavy (non-hydrogen) atoms. The second-order valence-corrected chi connectivity index (χ2v) is 14.4. The number of carbonyl (C=O) groups excluding carboxylic acids is 4. The van der Waals surface area contributed by atoms with Crippen LogP contribution in [-0.2, 0) is 14.3 Å². The van der Waals surface area contributed by atoms with E-state index in [-0.39, 0.29) is 12.5 Å². The second kappa shape index (κ2) is 13.9. The van der Waals surface area contributed by atoms with Gasteiger partial charge in [0.15, 0.2) is 0 Å². The lowest BCUT2D eigenvalue weighted by Crippen LogP contribution is -2.70. The van der Waals surface area contributed by atoms with Gasteiger partial charge in [-0.25, -0.2) is 14.4 Å². The number of nitrogens with one attached hydrogen (secondary N) is 1. The molecule has 2 saturated heterocycles. The highest BCUT2D eigenvalue weighted by atomic mass is 16.5. The van der Waals surface area contributed by atoms with Crippen molar-refractivity contribution >= 4 is 23.9 Å². The van der Waals surface area contributed by atoms with Crippen LogP contribution in [0.5, 0.6) is 0 Å². The van der Waals surface area contributed by atoms with Crippen molar-refractivity contribution < 1.29 is 28.7 Å². The molecular formula is C41H43N3O6. The molecule has 0 saturated carbocycles. The summed E-state index contributed by atoms with van der Waals surface area (Å²) in [5.74, 6) is -1.31. The molecule has 2 unspecified atom stereocenters. The SMILES string of the molecule is CC1(C)CC2(CC(C)(C)N1CC(OC(=O)c1ccccc1)c1ccccc1)NC(=O)N(CC(OC(=O)c1ccccc1)c1ccccc1)C2=O. The van der Waals surface area contributed by atoms with E-state index in [1.807, 2.05) is 100 Å². The van der Waals surface area contributed by atoms with Gasteiger partial charge in [-0.05, 0) is 75.9 Å². The van der Waals surface area contributed by atoms with Crippen molar-refractivity contribution in [2.24, 2.45) is 0 Å². The molecule has 0 aromatic heterocycles. The third-order valence-corrected chi connectivity index (χ3v) is 9.73. The standard InChI is InChI=1S/C41H43N3O6/c1-39(2)27-41(28-40(3,4)44(39)26-34(30-19-11-6-12-20-30)50-36(46)32-23-15-8-16-24-32)37(47)43(38(48)42-41)25-33(29-17-9-5-10-18-29)49-35(45)31-21-13-7-14-22-31/h5-24,33-34H,25-28H2,1-4H3,(H,42,48). The fourth-order valence-corrected chi connectivity index (χ4v) is 7.76. The van der Waals surface area contributed by atoms with Crippen LogP contribution in [0.4, 0.5) is 4.79 Å². The molecule has 1 N–H and O–H groups in total. The lowest BCUT2D eigenvalue weighted by Gasteiger charge is -2.58. The van der Waals surface area contributed by atoms with Crippen LogP contribution in [0, 0.1) is 0 Å². The van der Waals surface area contributed by atoms with Crippen LogP contribution in [0.2, 0.25) is 0 Å². The van der Waals surface area contributed by atoms with E-state index in [1.165, 1.54) is 4.90 Å². The monoisotopic (exact) mass is 673 g/mol. The van der Waals surface area contributed by atoms with Crippen molar-refractivity contribution in [1.29, 1.82) is 0 Å². The van der Waals surface area contributed by atoms with Crippen molar-refractivity contribution in [1.82, 2.24) is 15.1 Å². The Balaban J connectivity index is 1.24. The number of esters is 2. The predicted molar refractivity (Wildman–Crippen MR) is 189 cm³/mol. The Morgan fingerprint density at radius 3 is 1.42 bits per heavy atom. The minimum atomic E-state index is -1.19. The fourth-order valence-electron chi connectivity index (χ4n) is 7.76. The minimum Gasteiger partial charge on any atom is -0.453 e. The fraction of sp³-hybridized carbons (Fsp3) is 0.317. The molecule has 9 heteroatoms. The lowest BCUT2D eigenvalue weighted by molar-refractivity contribution is -0.143. The zero-order chi connectivity index (χ0) is 35.5. The Kier molecular flexibility index (Phi) is 9.62. The molecule has 2 fully saturated rings. The van der Waals surface area contributed by atoms with Gasteiger partial charge in [-0.15, -0.1) is 0 Å². The van der Waals surface area contributed by atoms with Crippen LogP contribution in [0.15, 0.2) is 121 Å². The molecule has 3 amide bonds. The molecule has 0 bridgehead atoms. The topological polar surface area (TPSA) is 105 Å². The zero-order valence-corrected chi connectivity index (χ0v) is 28.9. The summed E-state index contributed by atoms with van der Waals surface area (Å²) in [4.78, 5) is 58.0. The molecule has 1 spiro atoms. The lowest BCUT2D eigenvalue weighted by atomic mass is 9.68. The first-order valence-electron chi connectivity index (χ1n) is 16.9. The van der Waals surface area contributed by atoms with Crippen molar-refractivity contribution in [3.05, 3.63) is 144 Å². The molecule has 4 aromatic rings. The van der Waals surface area contributed by atoms with Gasteiger partial charge in [0, 0.05) is 17.6 Å². The van der Waals surface area contributed by atoms with Crippen LogP contribution in [0.1, 0.15) is 84.6 Å². The van der Waals surface area contributed by atoms with E-state index in [9.17, 15) is 19.2 Å². The molecule has 4 aromatic carbocycles. The van der Waals surface area contributed by atoms with E-state index < -0.39 is 46.8 Å². The van der Waals surface area contributed by atoms with Crippen molar-refractivity contribution in [2.45, 2.75) is 69.4 Å². The average Bonchev–Trinajstić information content (AvgIpc) is 3.32. The molecule has 2 aliphatic rings. The largest absolute Gasteiger partial charge is 0.453 e. The molecule has 9 nitrogen and oxygen atoms in total. The Hall–Kier alpha value is -5.28. The number of hydrogen-bond donors (Lipinski definition) is 1. The predicted octanol–water partition coefficient (Wildman–Crippen LogP) is 7.13. The Labute approximate surface area is 293 Å². The summed E-state index contributed by atoms with van der Waals surface area (Å²) in [5, 5.41) is 3.07. The van der Waals surface area contributed by atoms with Gasteiger partial charge in [-0.2, -0.15) is 0 Å². The highest BCUT2D eigenvalue weighted by Crippen LogP contribution is 2.47. The summed E-state index contributed by atoms with van der Waals surface area (Å²) in [5.41, 5.74) is -0.0538. The quantitative estimate of drug-likeness (QED) is 0.141. The van der Waals surface area contributed by atoms with Gasteiger partial charge in [0.05, 0.1) is 17.7 Å². The first-order chi connectivity index (χ1) is 23.9. The van der Waals surface area contributed by atoms with Crippen molar-refractivity contribution in [3.8, 4) is 0 Å². The number of nitrogens with zero attached hydrogens (tertiary/aromatic N) is 2. The molecule has 258 valence electrons. The molecule has 0 aliphatic carbocycles. The molecule has 6 rings (SSSR count). The van der Waals surface area contributed by atoms with E-state index in [4.69, 9.17) is 9.47 Å². The van der Waals surface area contributed by atoms with Crippen LogP contribution in [0.25, 0.3) is 0 Å². The number of benzene rings is 4. The zero-order valence-electron chi connectivity index (χ0n) is 28.9. The number of piperidine rings is 1. The number of rotatable bonds is 10. The number of urea groups is 1. The molecule has 0 radical (unpaired) electrons.